The van der Waals surface area contributed by atoms with E-state index in [2.05, 4.69) is 18.1 Å². The van der Waals surface area contributed by atoms with Gasteiger partial charge in [-0.05, 0) is 112 Å². The summed E-state index contributed by atoms with van der Waals surface area (Å²) in [6, 6.07) is 21.1. The summed E-state index contributed by atoms with van der Waals surface area (Å²) in [5.74, 6) is 7.47. The van der Waals surface area contributed by atoms with Gasteiger partial charge >= 0.3 is 0 Å². The van der Waals surface area contributed by atoms with Crippen molar-refractivity contribution in [2.45, 2.75) is 59.2 Å². The van der Waals surface area contributed by atoms with Crippen molar-refractivity contribution in [3.05, 3.63) is 89.5 Å². The van der Waals surface area contributed by atoms with Gasteiger partial charge in [0, 0.05) is 15.4 Å². The Bertz CT molecular complexity index is 1930. The first kappa shape index (κ1) is 43.9. The molecule has 0 saturated carbocycles. The van der Waals surface area contributed by atoms with Crippen LogP contribution < -0.4 is 37.9 Å². The number of fused-ring (bicyclic) bond motifs is 1. The summed E-state index contributed by atoms with van der Waals surface area (Å²) in [5.41, 5.74) is 1.83. The summed E-state index contributed by atoms with van der Waals surface area (Å²) in [6.45, 7) is 7.65. The average Bonchev–Trinajstić information content (AvgIpc) is 3.21. The van der Waals surface area contributed by atoms with Crippen LogP contribution in [0.25, 0.3) is 6.08 Å². The molecule has 0 fully saturated rings. The molecule has 0 amide bonds. The van der Waals surface area contributed by atoms with Crippen LogP contribution in [-0.2, 0) is 0 Å². The zero-order valence-electron chi connectivity index (χ0n) is 33.6. The van der Waals surface area contributed by atoms with Gasteiger partial charge in [0.05, 0.1) is 66.4 Å². The molecule has 56 heavy (non-hydrogen) atoms. The summed E-state index contributed by atoms with van der Waals surface area (Å²) >= 11 is 3.10. The molecule has 5 rings (SSSR count). The van der Waals surface area contributed by atoms with Gasteiger partial charge in [0.1, 0.15) is 17.1 Å². The summed E-state index contributed by atoms with van der Waals surface area (Å²) in [5, 5.41) is 19.6. The molecule has 0 saturated heterocycles. The predicted molar refractivity (Wildman–Crippen MR) is 224 cm³/mol. The molecule has 1 aliphatic rings. The highest BCUT2D eigenvalue weighted by molar-refractivity contribution is 7.99. The van der Waals surface area contributed by atoms with Crippen molar-refractivity contribution in [3.63, 3.8) is 0 Å². The molecule has 10 nitrogen and oxygen atoms in total. The van der Waals surface area contributed by atoms with Crippen molar-refractivity contribution < 1.29 is 48.1 Å². The number of aliphatic hydroxyl groups is 2. The lowest BCUT2D eigenvalue weighted by Crippen LogP contribution is -2.27. The number of benzene rings is 4. The standard InChI is InChI=1S/2C22H26O5S/c1-22(2)9-8-14-10-16(6-7-17(14)27-22)28-20(13-23)15-11-18(24-3)21(26-5)19(12-15)25-4;1-7-22(2,3)27-16-8-10-17(11-9-16)28-20(14-23)15-12-18(24-4)21(26-6)19(13-15)25-5/h6-12,20,23H,13H2,1-5H3;1,8-13,20,23H,14H2,2-6H3. The van der Waals surface area contributed by atoms with Gasteiger partial charge < -0.3 is 48.1 Å². The zero-order chi connectivity index (χ0) is 41.0. The maximum absolute atomic E-state index is 10.0. The Kier molecular flexibility index (Phi) is 15.6. The Morgan fingerprint density at radius 1 is 0.679 bits per heavy atom. The third kappa shape index (κ3) is 11.2. The second kappa shape index (κ2) is 19.9. The van der Waals surface area contributed by atoms with Crippen LogP contribution in [0, 0.1) is 12.3 Å². The van der Waals surface area contributed by atoms with E-state index in [-0.39, 0.29) is 29.3 Å². The van der Waals surface area contributed by atoms with E-state index in [1.54, 1.807) is 54.4 Å². The molecule has 2 atom stereocenters. The van der Waals surface area contributed by atoms with Gasteiger partial charge in [0.25, 0.3) is 0 Å². The van der Waals surface area contributed by atoms with Crippen LogP contribution in [0.5, 0.6) is 46.0 Å². The Morgan fingerprint density at radius 2 is 1.12 bits per heavy atom. The summed E-state index contributed by atoms with van der Waals surface area (Å²) in [7, 11) is 9.43. The number of rotatable bonds is 16. The van der Waals surface area contributed by atoms with E-state index >= 15 is 0 Å². The lowest BCUT2D eigenvalue weighted by atomic mass is 10.0. The third-order valence-electron chi connectivity index (χ3n) is 8.57. The fraction of sp³-hybridized carbons (Fsp3) is 0.364. The van der Waals surface area contributed by atoms with Crippen LogP contribution >= 0.6 is 23.5 Å². The van der Waals surface area contributed by atoms with Crippen molar-refractivity contribution in [2.75, 3.05) is 55.9 Å². The average molecular weight is 805 g/mol. The van der Waals surface area contributed by atoms with Gasteiger partial charge in [0.15, 0.2) is 28.6 Å². The Labute approximate surface area is 339 Å². The molecule has 0 aliphatic carbocycles. The molecular formula is C44H52O10S2. The van der Waals surface area contributed by atoms with Crippen LogP contribution in [-0.4, -0.2) is 77.3 Å². The van der Waals surface area contributed by atoms with Crippen LogP contribution in [0.15, 0.2) is 82.6 Å². The van der Waals surface area contributed by atoms with Crippen molar-refractivity contribution >= 4 is 29.6 Å². The minimum atomic E-state index is -0.668. The Balaban J connectivity index is 0.000000249. The van der Waals surface area contributed by atoms with E-state index in [0.29, 0.717) is 40.2 Å². The molecule has 2 N–H and O–H groups in total. The fourth-order valence-electron chi connectivity index (χ4n) is 5.67. The molecular weight excluding hydrogens is 753 g/mol. The predicted octanol–water partition coefficient (Wildman–Crippen LogP) is 9.05. The maximum Gasteiger partial charge on any atom is 0.203 e. The molecule has 1 heterocycles. The number of hydrogen-bond acceptors (Lipinski definition) is 12. The van der Waals surface area contributed by atoms with Gasteiger partial charge in [-0.3, -0.25) is 0 Å². The highest BCUT2D eigenvalue weighted by Gasteiger charge is 2.24. The minimum Gasteiger partial charge on any atom is -0.493 e. The number of thioether (sulfide) groups is 2. The molecule has 0 spiro atoms. The van der Waals surface area contributed by atoms with Crippen LogP contribution in [0.1, 0.15) is 54.9 Å². The normalized spacial score (nSPS) is 13.7. The zero-order valence-corrected chi connectivity index (χ0v) is 35.3. The molecule has 0 radical (unpaired) electrons. The van der Waals surface area contributed by atoms with Crippen LogP contribution in [0.2, 0.25) is 0 Å². The largest absolute Gasteiger partial charge is 0.493 e. The quantitative estimate of drug-likeness (QED) is 0.0832. The maximum atomic E-state index is 10.0. The Hall–Kier alpha value is -4.80. The topological polar surface area (TPSA) is 114 Å². The Morgan fingerprint density at radius 3 is 1.54 bits per heavy atom. The molecule has 4 aromatic rings. The van der Waals surface area contributed by atoms with E-state index < -0.39 is 5.60 Å². The van der Waals surface area contributed by atoms with E-state index in [1.807, 2.05) is 94.4 Å². The molecule has 300 valence electrons. The first-order valence-corrected chi connectivity index (χ1v) is 19.5. The number of methoxy groups -OCH3 is 6. The molecule has 2 unspecified atom stereocenters. The smallest absolute Gasteiger partial charge is 0.203 e. The van der Waals surface area contributed by atoms with Crippen LogP contribution in [0.4, 0.5) is 0 Å². The second-order valence-electron chi connectivity index (χ2n) is 13.5. The van der Waals surface area contributed by atoms with Crippen LogP contribution in [0.3, 0.4) is 0 Å². The van der Waals surface area contributed by atoms with Crippen molar-refractivity contribution in [2.24, 2.45) is 0 Å². The third-order valence-corrected chi connectivity index (χ3v) is 11.1. The lowest BCUT2D eigenvalue weighted by Gasteiger charge is -2.28. The van der Waals surface area contributed by atoms with Gasteiger partial charge in [0.2, 0.25) is 11.5 Å². The summed E-state index contributed by atoms with van der Waals surface area (Å²) < 4.78 is 44.2. The second-order valence-corrected chi connectivity index (χ2v) is 16.0. The first-order valence-electron chi connectivity index (χ1n) is 17.7. The van der Waals surface area contributed by atoms with Crippen molar-refractivity contribution in [1.29, 1.82) is 0 Å². The molecule has 4 aromatic carbocycles. The molecule has 0 bridgehead atoms. The number of aliphatic hydroxyl groups excluding tert-OH is 2. The summed E-state index contributed by atoms with van der Waals surface area (Å²) in [4.78, 5) is 2.03. The SMILES string of the molecule is C#CC(C)(C)Oc1ccc(SC(CO)c2cc(OC)c(OC)c(OC)c2)cc1.COc1cc(C(CO)Sc2ccc3c(c2)C=CC(C)(C)O3)cc(OC)c1OC. The van der Waals surface area contributed by atoms with E-state index in [0.717, 1.165) is 32.2 Å². The van der Waals surface area contributed by atoms with Gasteiger partial charge in [-0.2, -0.15) is 0 Å². The highest BCUT2D eigenvalue weighted by Crippen LogP contribution is 2.46. The minimum absolute atomic E-state index is 0.0280. The summed E-state index contributed by atoms with van der Waals surface area (Å²) in [6.07, 6.45) is 9.59. The molecule has 12 heteroatoms. The number of terminal acetylenes is 1. The lowest BCUT2D eigenvalue weighted by molar-refractivity contribution is 0.159. The number of hydrogen-bond donors (Lipinski definition) is 2. The number of ether oxygens (including phenoxy) is 8. The van der Waals surface area contributed by atoms with Gasteiger partial charge in [-0.1, -0.05) is 12.0 Å². The molecule has 1 aliphatic heterocycles. The monoisotopic (exact) mass is 804 g/mol. The van der Waals surface area contributed by atoms with E-state index in [4.69, 9.17) is 44.3 Å². The van der Waals surface area contributed by atoms with Crippen molar-refractivity contribution in [3.8, 4) is 58.3 Å². The first-order chi connectivity index (χ1) is 26.8. The van der Waals surface area contributed by atoms with Crippen molar-refractivity contribution in [1.82, 2.24) is 0 Å². The van der Waals surface area contributed by atoms with E-state index in [9.17, 15) is 10.2 Å². The van der Waals surface area contributed by atoms with Gasteiger partial charge in [-0.15, -0.1) is 29.9 Å². The van der Waals surface area contributed by atoms with Gasteiger partial charge in [-0.25, -0.2) is 0 Å². The fourth-order valence-corrected chi connectivity index (χ4v) is 7.65. The van der Waals surface area contributed by atoms with E-state index in [1.165, 1.54) is 11.8 Å². The highest BCUT2D eigenvalue weighted by atomic mass is 32.2. The molecule has 0 aromatic heterocycles.